The van der Waals surface area contributed by atoms with Gasteiger partial charge in [-0.25, -0.2) is 4.98 Å². The van der Waals surface area contributed by atoms with Gasteiger partial charge in [0.1, 0.15) is 16.5 Å². The van der Waals surface area contributed by atoms with Crippen molar-refractivity contribution in [1.29, 1.82) is 0 Å². The van der Waals surface area contributed by atoms with Gasteiger partial charge in [-0.15, -0.1) is 0 Å². The summed E-state index contributed by atoms with van der Waals surface area (Å²) in [5.41, 5.74) is 15.3. The zero-order valence-corrected chi connectivity index (χ0v) is 14.4. The van der Waals surface area contributed by atoms with Crippen LogP contribution in [0.4, 0.5) is 0 Å². The molecule has 1 fully saturated rings. The summed E-state index contributed by atoms with van der Waals surface area (Å²) in [7, 11) is 0. The topological polar surface area (TPSA) is 98.0 Å². The number of halogens is 1. The van der Waals surface area contributed by atoms with Gasteiger partial charge in [0.05, 0.1) is 29.1 Å². The Hall–Kier alpha value is -2.67. The fourth-order valence-electron chi connectivity index (χ4n) is 3.68. The zero-order valence-electron chi connectivity index (χ0n) is 13.7. The number of aromatic nitrogens is 3. The van der Waals surface area contributed by atoms with Gasteiger partial charge in [0.2, 0.25) is 0 Å². The van der Waals surface area contributed by atoms with Gasteiger partial charge >= 0.3 is 0 Å². The van der Waals surface area contributed by atoms with Crippen LogP contribution in [0.25, 0.3) is 17.1 Å². The largest absolute Gasteiger partial charge is 0.389 e. The van der Waals surface area contributed by atoms with Crippen LogP contribution in [-0.2, 0) is 0 Å². The van der Waals surface area contributed by atoms with E-state index in [1.165, 1.54) is 0 Å². The first-order valence-corrected chi connectivity index (χ1v) is 8.54. The predicted octanol–water partition coefficient (Wildman–Crippen LogP) is 1.46. The van der Waals surface area contributed by atoms with E-state index in [1.807, 2.05) is 12.1 Å². The molecule has 8 heteroatoms. The molecule has 0 amide bonds. The Morgan fingerprint density at radius 3 is 3.00 bits per heavy atom. The fourth-order valence-corrected chi connectivity index (χ4v) is 3.78. The van der Waals surface area contributed by atoms with Crippen molar-refractivity contribution in [2.75, 3.05) is 13.1 Å². The number of nitrogens with zero attached hydrogens (tertiary/aromatic N) is 4. The van der Waals surface area contributed by atoms with Crippen molar-refractivity contribution in [3.63, 3.8) is 0 Å². The molecule has 2 aliphatic rings. The van der Waals surface area contributed by atoms with Crippen LogP contribution in [0.1, 0.15) is 18.2 Å². The predicted molar refractivity (Wildman–Crippen MR) is 99.1 cm³/mol. The lowest BCUT2D eigenvalue weighted by Gasteiger charge is -2.33. The lowest BCUT2D eigenvalue weighted by atomic mass is 10.1. The minimum Gasteiger partial charge on any atom is -0.389 e. The molecule has 0 saturated carbocycles. The highest BCUT2D eigenvalue weighted by atomic mass is 35.5. The van der Waals surface area contributed by atoms with E-state index in [0.717, 1.165) is 41.9 Å². The molecule has 2 atom stereocenters. The molecule has 2 aromatic rings. The van der Waals surface area contributed by atoms with Crippen molar-refractivity contribution in [3.8, 4) is 0 Å². The summed E-state index contributed by atoms with van der Waals surface area (Å²) in [6.07, 6.45) is 6.21. The van der Waals surface area contributed by atoms with E-state index in [-0.39, 0.29) is 11.2 Å². The van der Waals surface area contributed by atoms with Crippen LogP contribution in [0.15, 0.2) is 47.7 Å². The van der Waals surface area contributed by atoms with Crippen molar-refractivity contribution in [3.05, 3.63) is 53.4 Å². The second-order valence-corrected chi connectivity index (χ2v) is 6.77. The second kappa shape index (κ2) is 6.00. The van der Waals surface area contributed by atoms with Crippen LogP contribution in [0.5, 0.6) is 0 Å². The fraction of sp³-hybridized carbons (Fsp3) is 0.294. The van der Waals surface area contributed by atoms with Crippen molar-refractivity contribution in [2.24, 2.45) is 11.5 Å². The SMILES string of the molecule is C=Cc1ccc2c(cnn2C2CC3CNC(N)=C(/C=C(\N)Cl)N3C2)n1. The van der Waals surface area contributed by atoms with Crippen LogP contribution in [0.3, 0.4) is 0 Å². The lowest BCUT2D eigenvalue weighted by molar-refractivity contribution is 0.293. The maximum absolute atomic E-state index is 6.10. The molecule has 0 aromatic carbocycles. The summed E-state index contributed by atoms with van der Waals surface area (Å²) < 4.78 is 2.05. The van der Waals surface area contributed by atoms with Gasteiger partial charge in [-0.3, -0.25) is 4.68 Å². The Morgan fingerprint density at radius 2 is 2.24 bits per heavy atom. The molecule has 4 heterocycles. The molecule has 130 valence electrons. The molecule has 1 saturated heterocycles. The van der Waals surface area contributed by atoms with Crippen molar-refractivity contribution in [2.45, 2.75) is 18.5 Å². The van der Waals surface area contributed by atoms with Crippen molar-refractivity contribution >= 4 is 28.7 Å². The number of nitrogens with two attached hydrogens (primary N) is 2. The van der Waals surface area contributed by atoms with E-state index >= 15 is 0 Å². The molecule has 2 unspecified atom stereocenters. The first kappa shape index (κ1) is 15.8. The number of nitrogens with one attached hydrogen (secondary N) is 1. The number of hydrogen-bond acceptors (Lipinski definition) is 6. The quantitative estimate of drug-likeness (QED) is 0.719. The smallest absolute Gasteiger partial charge is 0.120 e. The molecule has 0 spiro atoms. The zero-order chi connectivity index (χ0) is 17.6. The lowest BCUT2D eigenvalue weighted by Crippen LogP contribution is -2.45. The molecule has 0 radical (unpaired) electrons. The highest BCUT2D eigenvalue weighted by molar-refractivity contribution is 6.29. The normalized spacial score (nSPS) is 23.7. The molecule has 7 nitrogen and oxygen atoms in total. The van der Waals surface area contributed by atoms with Crippen LogP contribution in [0.2, 0.25) is 0 Å². The average molecular weight is 358 g/mol. The number of hydrogen-bond donors (Lipinski definition) is 3. The summed E-state index contributed by atoms with van der Waals surface area (Å²) in [5, 5.41) is 8.02. The number of allylic oxidation sites excluding steroid dienone is 1. The summed E-state index contributed by atoms with van der Waals surface area (Å²) in [5.74, 6) is 0.600. The number of fused-ring (bicyclic) bond motifs is 2. The molecule has 4 rings (SSSR count). The van der Waals surface area contributed by atoms with Gasteiger partial charge < -0.3 is 21.7 Å². The summed E-state index contributed by atoms with van der Waals surface area (Å²) in [6.45, 7) is 5.35. The average Bonchev–Trinajstić information content (AvgIpc) is 3.20. The third kappa shape index (κ3) is 2.70. The van der Waals surface area contributed by atoms with Crippen LogP contribution in [0, 0.1) is 0 Å². The van der Waals surface area contributed by atoms with Gasteiger partial charge in [-0.2, -0.15) is 5.10 Å². The molecule has 0 bridgehead atoms. The Balaban J connectivity index is 1.67. The molecule has 2 aliphatic heterocycles. The minimum atomic E-state index is 0.217. The molecule has 5 N–H and O–H groups in total. The molecule has 2 aromatic heterocycles. The molecular weight excluding hydrogens is 338 g/mol. The van der Waals surface area contributed by atoms with Gasteiger partial charge in [0, 0.05) is 19.1 Å². The van der Waals surface area contributed by atoms with Gasteiger partial charge in [0.15, 0.2) is 0 Å². The van der Waals surface area contributed by atoms with Crippen LogP contribution < -0.4 is 16.8 Å². The minimum absolute atomic E-state index is 0.217. The van der Waals surface area contributed by atoms with Crippen molar-refractivity contribution < 1.29 is 0 Å². The van der Waals surface area contributed by atoms with E-state index < -0.39 is 0 Å². The summed E-state index contributed by atoms with van der Waals surface area (Å²) >= 11 is 5.87. The molecule has 0 aliphatic carbocycles. The number of pyridine rings is 1. The Morgan fingerprint density at radius 1 is 1.40 bits per heavy atom. The maximum atomic E-state index is 6.10. The molecule has 25 heavy (non-hydrogen) atoms. The standard InChI is InChI=1S/C17H20ClN7/c1-2-10-3-4-14-13(23-10)8-22-25(14)12-5-11-7-21-17(20)15(6-16(18)19)24(11)9-12/h2-4,6,8,11-12,21H,1,5,7,9,19-20H2/b16-6-. The second-order valence-electron chi connectivity index (χ2n) is 6.34. The Bertz CT molecular complexity index is 894. The van der Waals surface area contributed by atoms with Crippen LogP contribution in [-0.4, -0.2) is 38.8 Å². The van der Waals surface area contributed by atoms with E-state index in [0.29, 0.717) is 11.9 Å². The number of rotatable bonds is 3. The van der Waals surface area contributed by atoms with Gasteiger partial charge in [-0.05, 0) is 30.7 Å². The van der Waals surface area contributed by atoms with Crippen molar-refractivity contribution in [1.82, 2.24) is 25.0 Å². The van der Waals surface area contributed by atoms with Gasteiger partial charge in [0.25, 0.3) is 0 Å². The third-order valence-electron chi connectivity index (χ3n) is 4.81. The van der Waals surface area contributed by atoms with E-state index in [2.05, 4.69) is 31.6 Å². The highest BCUT2D eigenvalue weighted by Crippen LogP contribution is 2.34. The van der Waals surface area contributed by atoms with E-state index in [9.17, 15) is 0 Å². The van der Waals surface area contributed by atoms with E-state index in [4.69, 9.17) is 23.1 Å². The highest BCUT2D eigenvalue weighted by Gasteiger charge is 2.37. The first-order chi connectivity index (χ1) is 12.1. The Kier molecular flexibility index (Phi) is 3.80. The van der Waals surface area contributed by atoms with Gasteiger partial charge in [-0.1, -0.05) is 18.2 Å². The summed E-state index contributed by atoms with van der Waals surface area (Å²) in [6, 6.07) is 4.55. The molecular formula is C17H20ClN7. The maximum Gasteiger partial charge on any atom is 0.120 e. The summed E-state index contributed by atoms with van der Waals surface area (Å²) in [4.78, 5) is 6.80. The van der Waals surface area contributed by atoms with E-state index in [1.54, 1.807) is 18.3 Å². The first-order valence-electron chi connectivity index (χ1n) is 8.16. The third-order valence-corrected chi connectivity index (χ3v) is 4.92. The van der Waals surface area contributed by atoms with Crippen LogP contribution >= 0.6 is 11.6 Å². The Labute approximate surface area is 150 Å². The monoisotopic (exact) mass is 357 g/mol.